The first kappa shape index (κ1) is 57.8. The van der Waals surface area contributed by atoms with Crippen LogP contribution in [0.2, 0.25) is 0 Å². The first-order chi connectivity index (χ1) is 5.20. The van der Waals surface area contributed by atoms with Crippen LogP contribution in [0.5, 0.6) is 0 Å². The zero-order chi connectivity index (χ0) is 10.7. The first-order valence-electron chi connectivity index (χ1n) is 1.64. The summed E-state index contributed by atoms with van der Waals surface area (Å²) in [6, 6.07) is 0. The third kappa shape index (κ3) is 1080. The fourth-order valence-electron chi connectivity index (χ4n) is 0. The zero-order valence-electron chi connectivity index (χ0n) is 7.59. The average Bonchev–Trinajstić information content (AvgIpc) is 1.54. The van der Waals surface area contributed by atoms with Crippen molar-refractivity contribution >= 4 is 0 Å². The molecule has 0 fully saturated rings. The Balaban J connectivity index is -0.0000000104. The summed E-state index contributed by atoms with van der Waals surface area (Å²) in [5.41, 5.74) is 0. The van der Waals surface area contributed by atoms with Gasteiger partial charge < -0.3 is 67.9 Å². The maximum atomic E-state index is 8.25. The quantitative estimate of drug-likeness (QED) is 0.303. The Kier molecular flexibility index (Phi) is 159. The van der Waals surface area contributed by atoms with Crippen molar-refractivity contribution in [1.29, 1.82) is 0 Å². The number of nitrogens with zero attached hydrogens (tertiary/aromatic N) is 3. The molecule has 0 radical (unpaired) electrons. The number of hydrogen-bond donors (Lipinski definition) is 0. The molecule has 0 aliphatic carbocycles. The van der Waals surface area contributed by atoms with E-state index in [4.69, 9.17) is 46.0 Å². The van der Waals surface area contributed by atoms with E-state index in [-0.39, 0.29) is 54.6 Å². The topological polar surface area (TPSA) is 325 Å². The van der Waals surface area contributed by atoms with Crippen LogP contribution in [0.4, 0.5) is 0 Å². The molecule has 0 saturated heterocycles. The minimum absolute atomic E-state index is 0. The van der Waals surface area contributed by atoms with Crippen LogP contribution in [0.25, 0.3) is 0 Å². The molecular weight excluding hydrogens is 340 g/mol. The van der Waals surface area contributed by atoms with Gasteiger partial charge in [-0.15, -0.1) is 0 Å². The fraction of sp³-hybridized carbons (Fsp3) is 0. The normalized spacial score (nSPS) is 4.24. The first-order valence-corrected chi connectivity index (χ1v) is 1.64. The molecule has 0 aliphatic rings. The molecule has 0 spiro atoms. The van der Waals surface area contributed by atoms with Crippen molar-refractivity contribution in [2.24, 2.45) is 0 Å². The molecule has 0 amide bonds. The molecule has 0 atom stereocenters. The van der Waals surface area contributed by atoms with Crippen LogP contribution in [0.3, 0.4) is 0 Å². The van der Waals surface area contributed by atoms with Crippen molar-refractivity contribution in [2.75, 3.05) is 0 Å². The second kappa shape index (κ2) is 46.9. The van der Waals surface area contributed by atoms with Crippen LogP contribution in [0.15, 0.2) is 0 Å². The van der Waals surface area contributed by atoms with Crippen LogP contribution >= 0.6 is 0 Å². The van der Waals surface area contributed by atoms with E-state index in [2.05, 4.69) is 0 Å². The molecule has 0 aliphatic heterocycles. The van der Waals surface area contributed by atoms with Crippen molar-refractivity contribution in [3.8, 4) is 0 Å². The Labute approximate surface area is 116 Å². The molecule has 8 N–H and O–H groups in total. The molecular formula is H8N3O13Y. The van der Waals surface area contributed by atoms with Crippen LogP contribution in [-0.4, -0.2) is 37.2 Å². The zero-order valence-corrected chi connectivity index (χ0v) is 10.4. The molecule has 0 aromatic carbocycles. The summed E-state index contributed by atoms with van der Waals surface area (Å²) in [6.45, 7) is 0. The third-order valence-corrected chi connectivity index (χ3v) is 0. The monoisotopic (exact) mass is 348 g/mol. The maximum absolute atomic E-state index is 8.25. The van der Waals surface area contributed by atoms with Crippen LogP contribution < -0.4 is 0 Å². The number of rotatable bonds is 0. The molecule has 0 rings (SSSR count). The standard InChI is InChI=1S/3NO3.4H2O.Y/c3*2-1(3)4;;;;;/h;;;4*1H2;/q3*-1;;;;;+3/i;;;;;;;1+1. The SMILES string of the molecule is O.O.O.O.O=[N+]([O-])[O-].O=[N+]([O-])[O-].O=[N+]([O-])[O-].[90Y+3]. The maximum Gasteiger partial charge on any atom is 3.00 e. The minimum atomic E-state index is -1.75. The van der Waals surface area contributed by atoms with E-state index in [0.29, 0.717) is 0 Å². The van der Waals surface area contributed by atoms with E-state index in [1.54, 1.807) is 0 Å². The molecule has 0 bridgehead atoms. The minimum Gasteiger partial charge on any atom is -0.412 e. The molecule has 0 aromatic rings. The number of hydrogen-bond acceptors (Lipinski definition) is 9. The van der Waals surface area contributed by atoms with Gasteiger partial charge in [-0.25, -0.2) is 0 Å². The van der Waals surface area contributed by atoms with Crippen LogP contribution in [0, 0.1) is 46.0 Å². The molecule has 0 unspecified atom stereocenters. The molecule has 17 heavy (non-hydrogen) atoms. The predicted molar refractivity (Wildman–Crippen MR) is 45.5 cm³/mol. The molecule has 0 saturated carbocycles. The van der Waals surface area contributed by atoms with Crippen molar-refractivity contribution < 1.29 is 69.9 Å². The largest absolute Gasteiger partial charge is 3.00 e. The summed E-state index contributed by atoms with van der Waals surface area (Å²) in [7, 11) is 0. The summed E-state index contributed by atoms with van der Waals surface area (Å²) in [5.74, 6) is 0. The Hall–Kier alpha value is -1.46. The van der Waals surface area contributed by atoms with Gasteiger partial charge in [-0.2, -0.15) is 0 Å². The smallest absolute Gasteiger partial charge is 0.412 e. The van der Waals surface area contributed by atoms with Gasteiger partial charge in [0.15, 0.2) is 0 Å². The molecule has 17 heteroatoms. The molecule has 104 valence electrons. The van der Waals surface area contributed by atoms with Gasteiger partial charge in [0.2, 0.25) is 0 Å². The van der Waals surface area contributed by atoms with Crippen molar-refractivity contribution in [1.82, 2.24) is 0 Å². The van der Waals surface area contributed by atoms with Crippen LogP contribution in [0.1, 0.15) is 0 Å². The van der Waals surface area contributed by atoms with Gasteiger partial charge in [-0.3, -0.25) is 0 Å². The summed E-state index contributed by atoms with van der Waals surface area (Å²) < 4.78 is 0. The van der Waals surface area contributed by atoms with Gasteiger partial charge >= 0.3 is 32.7 Å². The van der Waals surface area contributed by atoms with E-state index in [0.717, 1.165) is 0 Å². The van der Waals surface area contributed by atoms with Gasteiger partial charge in [-0.05, 0) is 0 Å². The second-order valence-electron chi connectivity index (χ2n) is 0.671. The van der Waals surface area contributed by atoms with E-state index < -0.39 is 15.3 Å². The van der Waals surface area contributed by atoms with Gasteiger partial charge in [0.1, 0.15) is 0 Å². The van der Waals surface area contributed by atoms with Crippen molar-refractivity contribution in [2.45, 2.75) is 0 Å². The Morgan fingerprint density at radius 2 is 0.471 bits per heavy atom. The summed E-state index contributed by atoms with van der Waals surface area (Å²) in [5, 5.41) is 44.2. The molecule has 0 heterocycles. The predicted octanol–water partition coefficient (Wildman–Crippen LogP) is -4.02. The van der Waals surface area contributed by atoms with Gasteiger partial charge in [0.25, 0.3) is 0 Å². The van der Waals surface area contributed by atoms with E-state index in [9.17, 15) is 0 Å². The van der Waals surface area contributed by atoms with E-state index in [1.807, 2.05) is 0 Å². The summed E-state index contributed by atoms with van der Waals surface area (Å²) in [4.78, 5) is 24.8. The average molecular weight is 348 g/mol. The Morgan fingerprint density at radius 3 is 0.471 bits per heavy atom. The summed E-state index contributed by atoms with van der Waals surface area (Å²) >= 11 is 0. The second-order valence-corrected chi connectivity index (χ2v) is 0.671. The van der Waals surface area contributed by atoms with Crippen molar-refractivity contribution in [3.05, 3.63) is 46.0 Å². The Morgan fingerprint density at radius 1 is 0.471 bits per heavy atom. The van der Waals surface area contributed by atoms with Crippen LogP contribution in [-0.2, 0) is 32.7 Å². The fourth-order valence-corrected chi connectivity index (χ4v) is 0. The van der Waals surface area contributed by atoms with Crippen molar-refractivity contribution in [3.63, 3.8) is 0 Å². The van der Waals surface area contributed by atoms with E-state index >= 15 is 0 Å². The third-order valence-electron chi connectivity index (χ3n) is 0. The summed E-state index contributed by atoms with van der Waals surface area (Å²) in [6.07, 6.45) is 0. The van der Waals surface area contributed by atoms with Gasteiger partial charge in [-0.1, -0.05) is 0 Å². The van der Waals surface area contributed by atoms with E-state index in [1.165, 1.54) is 0 Å². The molecule has 16 nitrogen and oxygen atoms in total. The molecule has 0 aromatic heterocycles. The van der Waals surface area contributed by atoms with Gasteiger partial charge in [0.05, 0.1) is 15.3 Å². The van der Waals surface area contributed by atoms with Gasteiger partial charge in [0, 0.05) is 0 Å². The Bertz CT molecular complexity index is 114.